The molecule has 0 fully saturated rings. The number of thiophene rings is 1. The van der Waals surface area contributed by atoms with Crippen molar-refractivity contribution < 1.29 is 14.3 Å². The Morgan fingerprint density at radius 1 is 1.17 bits per heavy atom. The maximum absolute atomic E-state index is 13.6. The van der Waals surface area contributed by atoms with Gasteiger partial charge in [-0.2, -0.15) is 0 Å². The summed E-state index contributed by atoms with van der Waals surface area (Å²) in [6.45, 7) is 1.54. The van der Waals surface area contributed by atoms with Crippen molar-refractivity contribution in [1.82, 2.24) is 14.9 Å². The average molecular weight is 488 g/mol. The second-order valence-corrected chi connectivity index (χ2v) is 9.49. The van der Waals surface area contributed by atoms with Crippen LogP contribution in [-0.4, -0.2) is 39.6 Å². The fourth-order valence-electron chi connectivity index (χ4n) is 4.37. The van der Waals surface area contributed by atoms with Gasteiger partial charge in [-0.3, -0.25) is 4.79 Å². The number of ketones is 1. The number of aliphatic hydroxyl groups excluding tert-OH is 1. The van der Waals surface area contributed by atoms with Crippen LogP contribution in [0.25, 0.3) is 27.9 Å². The van der Waals surface area contributed by atoms with Crippen LogP contribution in [0.15, 0.2) is 78.4 Å². The minimum atomic E-state index is -0.587. The summed E-state index contributed by atoms with van der Waals surface area (Å²) in [6, 6.07) is 16.4. The van der Waals surface area contributed by atoms with E-state index in [2.05, 4.69) is 10.3 Å². The Bertz CT molecular complexity index is 1480. The van der Waals surface area contributed by atoms with Crippen molar-refractivity contribution in [3.8, 4) is 0 Å². The topological polar surface area (TPSA) is 70.1 Å². The first-order valence-corrected chi connectivity index (χ1v) is 12.4. The van der Waals surface area contributed by atoms with Gasteiger partial charge in [0.15, 0.2) is 5.78 Å². The van der Waals surface area contributed by atoms with Crippen LogP contribution in [0.1, 0.15) is 20.8 Å². The van der Waals surface area contributed by atoms with E-state index >= 15 is 0 Å². The first-order valence-electron chi connectivity index (χ1n) is 11.6. The van der Waals surface area contributed by atoms with Crippen molar-refractivity contribution in [3.05, 3.63) is 100 Å². The maximum atomic E-state index is 13.6. The van der Waals surface area contributed by atoms with Crippen LogP contribution in [0.2, 0.25) is 0 Å². The van der Waals surface area contributed by atoms with Crippen molar-refractivity contribution in [1.29, 1.82) is 0 Å². The van der Waals surface area contributed by atoms with Gasteiger partial charge in [0.25, 0.3) is 0 Å². The number of aromatic nitrogens is 2. The lowest BCUT2D eigenvalue weighted by Crippen LogP contribution is -2.31. The molecule has 0 radical (unpaired) electrons. The Labute approximate surface area is 206 Å². The number of carbonyl (C=O) groups is 1. The fourth-order valence-corrected chi connectivity index (χ4v) is 5.01. The van der Waals surface area contributed by atoms with Gasteiger partial charge in [0.05, 0.1) is 11.0 Å². The van der Waals surface area contributed by atoms with Gasteiger partial charge in [-0.15, -0.1) is 11.3 Å². The van der Waals surface area contributed by atoms with Crippen molar-refractivity contribution in [3.63, 3.8) is 0 Å². The number of fused-ring (bicyclic) bond motifs is 2. The van der Waals surface area contributed by atoms with Gasteiger partial charge >= 0.3 is 0 Å². The van der Waals surface area contributed by atoms with Gasteiger partial charge in [0, 0.05) is 52.9 Å². The summed E-state index contributed by atoms with van der Waals surface area (Å²) < 4.78 is 15.6. The summed E-state index contributed by atoms with van der Waals surface area (Å²) in [4.78, 5) is 16.2. The molecule has 35 heavy (non-hydrogen) atoms. The Balaban J connectivity index is 1.20. The number of allylic oxidation sites excluding steroid dienone is 1. The minimum Gasteiger partial charge on any atom is -0.390 e. The molecule has 0 bridgehead atoms. The van der Waals surface area contributed by atoms with Crippen molar-refractivity contribution >= 4 is 45.0 Å². The lowest BCUT2D eigenvalue weighted by molar-refractivity contribution is 0.105. The van der Waals surface area contributed by atoms with E-state index in [1.54, 1.807) is 18.2 Å². The zero-order valence-electron chi connectivity index (χ0n) is 19.1. The molecule has 5 nitrogen and oxygen atoms in total. The molecule has 0 saturated heterocycles. The molecule has 0 unspecified atom stereocenters. The number of aromatic amines is 1. The molecule has 3 heterocycles. The van der Waals surface area contributed by atoms with E-state index in [-0.39, 0.29) is 11.6 Å². The Kier molecular flexibility index (Phi) is 6.90. The number of para-hydroxylation sites is 1. The highest BCUT2D eigenvalue weighted by molar-refractivity contribution is 7.12. The van der Waals surface area contributed by atoms with Crippen LogP contribution < -0.4 is 5.32 Å². The van der Waals surface area contributed by atoms with Gasteiger partial charge in [-0.1, -0.05) is 24.3 Å². The van der Waals surface area contributed by atoms with E-state index in [0.29, 0.717) is 24.5 Å². The third-order valence-electron chi connectivity index (χ3n) is 6.09. The molecular weight excluding hydrogens is 461 g/mol. The number of benzene rings is 2. The lowest BCUT2D eigenvalue weighted by Gasteiger charge is -2.13. The van der Waals surface area contributed by atoms with Gasteiger partial charge in [0.2, 0.25) is 0 Å². The van der Waals surface area contributed by atoms with E-state index in [9.17, 15) is 14.3 Å². The van der Waals surface area contributed by atoms with Crippen LogP contribution in [0.5, 0.6) is 0 Å². The van der Waals surface area contributed by atoms with E-state index in [4.69, 9.17) is 0 Å². The number of H-pyrrole nitrogens is 1. The normalized spacial score (nSPS) is 12.7. The molecule has 5 aromatic rings. The maximum Gasteiger partial charge on any atom is 0.195 e. The first-order chi connectivity index (χ1) is 17.1. The van der Waals surface area contributed by atoms with Crippen LogP contribution in [-0.2, 0) is 13.0 Å². The number of aliphatic hydroxyl groups is 1. The van der Waals surface area contributed by atoms with Crippen LogP contribution in [0.4, 0.5) is 4.39 Å². The molecule has 0 aliphatic carbocycles. The third-order valence-corrected chi connectivity index (χ3v) is 6.97. The number of hydrogen-bond acceptors (Lipinski definition) is 4. The lowest BCUT2D eigenvalue weighted by atomic mass is 10.1. The molecule has 0 saturated carbocycles. The number of hydrogen-bond donors (Lipinski definition) is 3. The molecule has 0 amide bonds. The molecule has 0 spiro atoms. The SMILES string of the molecule is O=C(/C=C/c1cn(C[C@@H](O)CNCCc2c[nH]c3ccc(F)cc23)c2ccccc12)c1cccs1. The number of nitrogens with one attached hydrogen (secondary N) is 2. The summed E-state index contributed by atoms with van der Waals surface area (Å²) in [5, 5.41) is 17.8. The van der Waals surface area contributed by atoms with Gasteiger partial charge < -0.3 is 20.0 Å². The summed E-state index contributed by atoms with van der Waals surface area (Å²) in [6.07, 6.45) is 7.48. The number of halogens is 1. The summed E-state index contributed by atoms with van der Waals surface area (Å²) in [7, 11) is 0. The quantitative estimate of drug-likeness (QED) is 0.140. The molecule has 2 aromatic carbocycles. The Hall–Kier alpha value is -3.52. The van der Waals surface area contributed by atoms with Gasteiger partial charge in [-0.05, 0) is 66.4 Å². The molecule has 1 atom stereocenters. The van der Waals surface area contributed by atoms with Crippen molar-refractivity contribution in [2.45, 2.75) is 19.1 Å². The molecule has 3 aromatic heterocycles. The Morgan fingerprint density at radius 3 is 2.91 bits per heavy atom. The third kappa shape index (κ3) is 5.27. The van der Waals surface area contributed by atoms with E-state index in [1.165, 1.54) is 17.4 Å². The van der Waals surface area contributed by atoms with E-state index in [0.717, 1.165) is 39.4 Å². The number of nitrogens with zero attached hydrogens (tertiary/aromatic N) is 1. The summed E-state index contributed by atoms with van der Waals surface area (Å²) >= 11 is 1.43. The van der Waals surface area contributed by atoms with Gasteiger partial charge in [0.1, 0.15) is 5.82 Å². The van der Waals surface area contributed by atoms with E-state index in [1.807, 2.05) is 64.8 Å². The largest absolute Gasteiger partial charge is 0.390 e. The fraction of sp³-hybridized carbons (Fsp3) is 0.179. The smallest absolute Gasteiger partial charge is 0.195 e. The molecule has 3 N–H and O–H groups in total. The molecular formula is C28H26FN3O2S. The zero-order valence-corrected chi connectivity index (χ0v) is 19.9. The second kappa shape index (κ2) is 10.4. The Morgan fingerprint density at radius 2 is 2.06 bits per heavy atom. The highest BCUT2D eigenvalue weighted by atomic mass is 32.1. The zero-order chi connectivity index (χ0) is 24.2. The van der Waals surface area contributed by atoms with Crippen LogP contribution in [0.3, 0.4) is 0 Å². The summed E-state index contributed by atoms with van der Waals surface area (Å²) in [5.74, 6) is -0.259. The number of carbonyl (C=O) groups excluding carboxylic acids is 1. The monoisotopic (exact) mass is 487 g/mol. The molecule has 5 rings (SSSR count). The average Bonchev–Trinajstić information content (AvgIpc) is 3.60. The van der Waals surface area contributed by atoms with Gasteiger partial charge in [-0.25, -0.2) is 4.39 Å². The molecule has 0 aliphatic heterocycles. The van der Waals surface area contributed by atoms with Crippen molar-refractivity contribution in [2.75, 3.05) is 13.1 Å². The number of rotatable bonds is 10. The van der Waals surface area contributed by atoms with Crippen molar-refractivity contribution in [2.24, 2.45) is 0 Å². The van der Waals surface area contributed by atoms with Crippen LogP contribution >= 0.6 is 11.3 Å². The first kappa shape index (κ1) is 23.2. The molecule has 0 aliphatic rings. The second-order valence-electron chi connectivity index (χ2n) is 8.54. The molecule has 178 valence electrons. The summed E-state index contributed by atoms with van der Waals surface area (Å²) in [5.41, 5.74) is 3.92. The molecule has 7 heteroatoms. The minimum absolute atomic E-state index is 0.0148. The highest BCUT2D eigenvalue weighted by Crippen LogP contribution is 2.24. The van der Waals surface area contributed by atoms with E-state index < -0.39 is 6.10 Å². The predicted octanol–water partition coefficient (Wildman–Crippen LogP) is 5.41. The standard InChI is InChI=1S/C28H26FN3O2S/c29-21-8-9-25-24(14-21)19(15-31-25)11-12-30-16-22(33)18-32-17-20(23-4-1-2-5-26(23)32)7-10-27(34)28-6-3-13-35-28/h1-10,13-15,17,22,30-31,33H,11-12,16,18H2/b10-7+/t22-/m0/s1. The predicted molar refractivity (Wildman–Crippen MR) is 140 cm³/mol. The highest BCUT2D eigenvalue weighted by Gasteiger charge is 2.12. The van der Waals surface area contributed by atoms with Crippen LogP contribution in [0, 0.1) is 5.82 Å².